The molecule has 2 rings (SSSR count). The topological polar surface area (TPSA) is 40.9 Å². The van der Waals surface area contributed by atoms with Gasteiger partial charge in [0.05, 0.1) is 9.40 Å². The smallest absolute Gasteiger partial charge is 0.312 e. The quantitative estimate of drug-likeness (QED) is 0.629. The van der Waals surface area contributed by atoms with Crippen molar-refractivity contribution in [3.63, 3.8) is 0 Å². The Morgan fingerprint density at radius 2 is 2.17 bits per heavy atom. The van der Waals surface area contributed by atoms with Crippen LogP contribution in [0.4, 0.5) is 3.89 Å². The monoisotopic (exact) mass is 184 g/mol. The maximum Gasteiger partial charge on any atom is 0.312 e. The molecule has 1 atom stereocenters. The fraction of sp³-hybridized carbons (Fsp3) is 0. The molecule has 0 fully saturated rings. The van der Waals surface area contributed by atoms with Crippen molar-refractivity contribution in [1.29, 1.82) is 0 Å². The van der Waals surface area contributed by atoms with Crippen LogP contribution in [0.15, 0.2) is 30.6 Å². The molecular weight excluding hydrogens is 179 g/mol. The van der Waals surface area contributed by atoms with Crippen molar-refractivity contribution in [2.45, 2.75) is 0 Å². The lowest BCUT2D eigenvalue weighted by Gasteiger charge is -1.96. The van der Waals surface area contributed by atoms with E-state index in [0.29, 0.717) is 11.0 Å². The van der Waals surface area contributed by atoms with E-state index in [1.807, 2.05) is 0 Å². The normalized spacial score (nSPS) is 13.5. The van der Waals surface area contributed by atoms with E-state index in [1.165, 1.54) is 6.33 Å². The maximum atomic E-state index is 12.4. The first kappa shape index (κ1) is 7.57. The van der Waals surface area contributed by atoms with Gasteiger partial charge in [0.25, 0.3) is 0 Å². The van der Waals surface area contributed by atoms with Crippen molar-refractivity contribution in [2.75, 3.05) is 0 Å². The molecule has 1 aromatic heterocycles. The Kier molecular flexibility index (Phi) is 1.74. The van der Waals surface area contributed by atoms with Gasteiger partial charge in [0, 0.05) is 0 Å². The summed E-state index contributed by atoms with van der Waals surface area (Å²) < 4.78 is 23.9. The van der Waals surface area contributed by atoms with Crippen molar-refractivity contribution in [3.05, 3.63) is 30.6 Å². The maximum absolute atomic E-state index is 12.4. The summed E-state index contributed by atoms with van der Waals surface area (Å²) in [4.78, 5) is 3.87. The predicted octanol–water partition coefficient (Wildman–Crippen LogP) is 1.43. The largest absolute Gasteiger partial charge is 0.555 e. The number of para-hydroxylation sites is 2. The lowest BCUT2D eigenvalue weighted by molar-refractivity contribution is 0.542. The molecular formula is C7H5FN2OS. The van der Waals surface area contributed by atoms with E-state index in [9.17, 15) is 8.44 Å². The number of halogens is 1. The van der Waals surface area contributed by atoms with Gasteiger partial charge in [-0.1, -0.05) is 12.1 Å². The van der Waals surface area contributed by atoms with Crippen LogP contribution in [0.5, 0.6) is 0 Å². The minimum absolute atomic E-state index is 0.540. The van der Waals surface area contributed by atoms with Gasteiger partial charge in [-0.25, -0.2) is 4.98 Å². The molecule has 0 spiro atoms. The van der Waals surface area contributed by atoms with Gasteiger partial charge < -0.3 is 4.55 Å². The molecule has 62 valence electrons. The van der Waals surface area contributed by atoms with Crippen LogP contribution in [-0.4, -0.2) is 13.5 Å². The number of hydrogen-bond acceptors (Lipinski definition) is 2. The summed E-state index contributed by atoms with van der Waals surface area (Å²) >= 11 is -2.52. The minimum atomic E-state index is -2.52. The zero-order valence-electron chi connectivity index (χ0n) is 5.98. The summed E-state index contributed by atoms with van der Waals surface area (Å²) in [6.07, 6.45) is 1.22. The highest BCUT2D eigenvalue weighted by atomic mass is 32.3. The molecule has 1 heterocycles. The van der Waals surface area contributed by atoms with E-state index in [-0.39, 0.29) is 0 Å². The number of nitrogens with zero attached hydrogens (tertiary/aromatic N) is 2. The van der Waals surface area contributed by atoms with Crippen molar-refractivity contribution in [3.8, 4) is 0 Å². The van der Waals surface area contributed by atoms with Crippen LogP contribution in [0.2, 0.25) is 0 Å². The predicted molar refractivity (Wildman–Crippen MR) is 44.4 cm³/mol. The average Bonchev–Trinajstić information content (AvgIpc) is 2.47. The summed E-state index contributed by atoms with van der Waals surface area (Å²) in [5, 5.41) is 0. The molecule has 0 radical (unpaired) electrons. The molecule has 0 aliphatic heterocycles. The Balaban J connectivity index is 2.70. The molecule has 5 heteroatoms. The van der Waals surface area contributed by atoms with Gasteiger partial charge in [-0.2, -0.15) is 0 Å². The van der Waals surface area contributed by atoms with Crippen LogP contribution >= 0.6 is 0 Å². The van der Waals surface area contributed by atoms with E-state index in [2.05, 4.69) is 4.98 Å². The van der Waals surface area contributed by atoms with Crippen LogP contribution in [0, 0.1) is 0 Å². The molecule has 0 aliphatic rings. The fourth-order valence-corrected chi connectivity index (χ4v) is 1.48. The molecule has 0 saturated carbocycles. The van der Waals surface area contributed by atoms with Crippen LogP contribution in [0.25, 0.3) is 11.0 Å². The highest BCUT2D eigenvalue weighted by Gasteiger charge is 2.12. The van der Waals surface area contributed by atoms with E-state index in [0.717, 1.165) is 3.97 Å². The third-order valence-electron chi connectivity index (χ3n) is 1.58. The molecule has 0 bridgehead atoms. The van der Waals surface area contributed by atoms with E-state index in [1.54, 1.807) is 24.3 Å². The molecule has 1 unspecified atom stereocenters. The lowest BCUT2D eigenvalue weighted by atomic mass is 10.3. The summed E-state index contributed by atoms with van der Waals surface area (Å²) in [5.41, 5.74) is 1.18. The summed E-state index contributed by atoms with van der Waals surface area (Å²) in [5.74, 6) is 0. The number of aromatic nitrogens is 2. The van der Waals surface area contributed by atoms with Crippen LogP contribution < -0.4 is 0 Å². The van der Waals surface area contributed by atoms with Crippen molar-refractivity contribution in [1.82, 2.24) is 8.96 Å². The third kappa shape index (κ3) is 1.07. The number of benzene rings is 1. The highest BCUT2D eigenvalue weighted by Crippen LogP contribution is 2.14. The second-order valence-corrected chi connectivity index (χ2v) is 3.07. The Morgan fingerprint density at radius 1 is 1.42 bits per heavy atom. The van der Waals surface area contributed by atoms with Crippen LogP contribution in [-0.2, 0) is 11.7 Å². The number of fused-ring (bicyclic) bond motifs is 1. The van der Waals surface area contributed by atoms with Gasteiger partial charge in [0.1, 0.15) is 11.8 Å². The molecule has 3 nitrogen and oxygen atoms in total. The third-order valence-corrected chi connectivity index (χ3v) is 2.18. The molecule has 0 saturated heterocycles. The zero-order valence-corrected chi connectivity index (χ0v) is 6.79. The van der Waals surface area contributed by atoms with Crippen molar-refractivity contribution in [2.24, 2.45) is 0 Å². The van der Waals surface area contributed by atoms with Gasteiger partial charge in [-0.3, -0.25) is 0 Å². The van der Waals surface area contributed by atoms with Gasteiger partial charge in [-0.15, -0.1) is 3.97 Å². The Labute approximate surface area is 71.4 Å². The van der Waals surface area contributed by atoms with E-state index >= 15 is 0 Å². The standard InChI is InChI=1S/C7H5FN2OS/c8-12(11)10-5-9-6-3-1-2-4-7(6)10/h1-5H. The second kappa shape index (κ2) is 2.76. The molecule has 12 heavy (non-hydrogen) atoms. The fourth-order valence-electron chi connectivity index (χ4n) is 1.05. The minimum Gasteiger partial charge on any atom is -0.555 e. The van der Waals surface area contributed by atoms with Crippen molar-refractivity contribution >= 4 is 22.8 Å². The number of hydrogen-bond donors (Lipinski definition) is 0. The van der Waals surface area contributed by atoms with Crippen molar-refractivity contribution < 1.29 is 8.44 Å². The number of imidazole rings is 1. The van der Waals surface area contributed by atoms with Gasteiger partial charge in [-0.05, 0) is 12.1 Å². The Morgan fingerprint density at radius 3 is 2.92 bits per heavy atom. The Bertz CT molecular complexity index is 401. The summed E-state index contributed by atoms with van der Waals surface area (Å²) in [7, 11) is 0. The summed E-state index contributed by atoms with van der Waals surface area (Å²) in [6.45, 7) is 0. The molecule has 0 aliphatic carbocycles. The highest BCUT2D eigenvalue weighted by molar-refractivity contribution is 7.84. The molecule has 0 N–H and O–H groups in total. The van der Waals surface area contributed by atoms with Gasteiger partial charge in [0.15, 0.2) is 0 Å². The first-order chi connectivity index (χ1) is 5.79. The van der Waals surface area contributed by atoms with E-state index < -0.39 is 11.7 Å². The van der Waals surface area contributed by atoms with E-state index in [4.69, 9.17) is 0 Å². The van der Waals surface area contributed by atoms with Gasteiger partial charge >= 0.3 is 11.7 Å². The average molecular weight is 184 g/mol. The molecule has 0 amide bonds. The second-order valence-electron chi connectivity index (χ2n) is 2.27. The first-order valence-corrected chi connectivity index (χ1v) is 4.30. The zero-order chi connectivity index (χ0) is 8.55. The summed E-state index contributed by atoms with van der Waals surface area (Å²) in [6, 6.07) is 6.94. The molecule has 1 aromatic carbocycles. The van der Waals surface area contributed by atoms with Gasteiger partial charge in [0.2, 0.25) is 0 Å². The first-order valence-electron chi connectivity index (χ1n) is 3.29. The Hall–Kier alpha value is -1.07. The SMILES string of the molecule is [O-][S+](F)n1cnc2ccccc21. The number of rotatable bonds is 1. The van der Waals surface area contributed by atoms with Crippen LogP contribution in [0.1, 0.15) is 0 Å². The van der Waals surface area contributed by atoms with Crippen LogP contribution in [0.3, 0.4) is 0 Å². The molecule has 2 aromatic rings. The lowest BCUT2D eigenvalue weighted by Crippen LogP contribution is -2.03.